The highest BCUT2D eigenvalue weighted by molar-refractivity contribution is 4.57. The Morgan fingerprint density at radius 1 is 1.38 bits per heavy atom. The smallest absolute Gasteiger partial charge is 0.269 e. The molecule has 2 nitrogen and oxygen atoms in total. The van der Waals surface area contributed by atoms with Gasteiger partial charge in [0.05, 0.1) is 0 Å². The molecule has 0 amide bonds. The Morgan fingerprint density at radius 3 is 1.75 bits per heavy atom. The van der Waals surface area contributed by atoms with Gasteiger partial charge >= 0.3 is 6.18 Å². The van der Waals surface area contributed by atoms with Gasteiger partial charge in [0.2, 0.25) is 0 Å². The molecule has 0 aliphatic carbocycles. The van der Waals surface area contributed by atoms with E-state index in [0.29, 0.717) is 0 Å². The first-order valence-electron chi connectivity index (χ1n) is 1.65. The molecule has 0 radical (unpaired) electrons. The van der Waals surface area contributed by atoms with Crippen LogP contribution in [0, 0.1) is 0 Å². The predicted molar refractivity (Wildman–Crippen MR) is 18.3 cm³/mol. The highest BCUT2D eigenvalue weighted by Gasteiger charge is 2.39. The van der Waals surface area contributed by atoms with Crippen molar-refractivity contribution in [2.75, 3.05) is 0 Å². The molecular formula is C2H4F4N2. The predicted octanol–water partition coefficient (Wildman–Crippen LogP) is 0.308. The first kappa shape index (κ1) is 7.64. The maximum absolute atomic E-state index is 11.3. The quantitative estimate of drug-likeness (QED) is 0.233. The Labute approximate surface area is 42.6 Å². The standard InChI is InChI=1S/C2H4F4N2/c3-1(8-7)2(4,5)6/h1,8H,7H2. The van der Waals surface area contributed by atoms with E-state index in [9.17, 15) is 17.6 Å². The molecule has 0 saturated heterocycles. The van der Waals surface area contributed by atoms with Crippen LogP contribution in [0.25, 0.3) is 0 Å². The van der Waals surface area contributed by atoms with Crippen LogP contribution >= 0.6 is 0 Å². The Hall–Kier alpha value is -0.360. The van der Waals surface area contributed by atoms with Crippen LogP contribution in [0.2, 0.25) is 0 Å². The van der Waals surface area contributed by atoms with E-state index in [2.05, 4.69) is 5.84 Å². The van der Waals surface area contributed by atoms with Gasteiger partial charge in [-0.1, -0.05) is 0 Å². The second kappa shape index (κ2) is 2.27. The molecular weight excluding hydrogens is 128 g/mol. The second-order valence-electron chi connectivity index (χ2n) is 1.07. The van der Waals surface area contributed by atoms with Crippen molar-refractivity contribution in [1.29, 1.82) is 0 Å². The number of alkyl halides is 4. The molecule has 0 saturated carbocycles. The fourth-order valence-corrected chi connectivity index (χ4v) is 0.0945. The summed E-state index contributed by atoms with van der Waals surface area (Å²) in [5.74, 6) is 4.11. The summed E-state index contributed by atoms with van der Waals surface area (Å²) in [5, 5.41) is 0. The number of hydrogen-bond acceptors (Lipinski definition) is 2. The van der Waals surface area contributed by atoms with Crippen LogP contribution < -0.4 is 11.3 Å². The molecule has 0 fully saturated rings. The van der Waals surface area contributed by atoms with Gasteiger partial charge in [0, 0.05) is 0 Å². The number of hydrogen-bond donors (Lipinski definition) is 2. The minimum Gasteiger partial charge on any atom is -0.269 e. The third kappa shape index (κ3) is 2.08. The van der Waals surface area contributed by atoms with Crippen LogP contribution in [0.3, 0.4) is 0 Å². The maximum atomic E-state index is 11.3. The van der Waals surface area contributed by atoms with Crippen LogP contribution in [0.4, 0.5) is 17.6 Å². The van der Waals surface area contributed by atoms with Gasteiger partial charge in [-0.05, 0) is 0 Å². The van der Waals surface area contributed by atoms with Gasteiger partial charge in [0.25, 0.3) is 6.30 Å². The molecule has 0 heterocycles. The van der Waals surface area contributed by atoms with Gasteiger partial charge in [-0.25, -0.2) is 9.82 Å². The van der Waals surface area contributed by atoms with Gasteiger partial charge in [-0.3, -0.25) is 5.84 Å². The Kier molecular flexibility index (Phi) is 2.17. The molecule has 1 unspecified atom stereocenters. The topological polar surface area (TPSA) is 38.0 Å². The lowest BCUT2D eigenvalue weighted by atomic mass is 10.6. The van der Waals surface area contributed by atoms with Crippen LogP contribution in [-0.4, -0.2) is 12.5 Å². The summed E-state index contributed by atoms with van der Waals surface area (Å²) in [6, 6.07) is 0. The largest absolute Gasteiger partial charge is 0.434 e. The van der Waals surface area contributed by atoms with Crippen molar-refractivity contribution in [2.45, 2.75) is 12.5 Å². The molecule has 0 aliphatic heterocycles. The van der Waals surface area contributed by atoms with Crippen molar-refractivity contribution < 1.29 is 17.6 Å². The summed E-state index contributed by atoms with van der Waals surface area (Å²) in [6.07, 6.45) is -8.02. The number of nitrogens with one attached hydrogen (secondary N) is 1. The van der Waals surface area contributed by atoms with E-state index in [1.807, 2.05) is 0 Å². The van der Waals surface area contributed by atoms with E-state index >= 15 is 0 Å². The van der Waals surface area contributed by atoms with Gasteiger partial charge in [-0.15, -0.1) is 0 Å². The number of nitrogens with two attached hydrogens (primary N) is 1. The first-order valence-corrected chi connectivity index (χ1v) is 1.65. The van der Waals surface area contributed by atoms with Gasteiger partial charge in [0.1, 0.15) is 0 Å². The average molecular weight is 132 g/mol. The monoisotopic (exact) mass is 132 g/mol. The zero-order chi connectivity index (χ0) is 6.78. The lowest BCUT2D eigenvalue weighted by molar-refractivity contribution is -0.189. The SMILES string of the molecule is NNC(F)C(F)(F)F. The number of halogens is 4. The molecule has 0 aliphatic rings. The molecule has 3 N–H and O–H groups in total. The van der Waals surface area contributed by atoms with Crippen LogP contribution in [0.5, 0.6) is 0 Å². The molecule has 1 atom stereocenters. The van der Waals surface area contributed by atoms with E-state index in [-0.39, 0.29) is 0 Å². The average Bonchev–Trinajstić information content (AvgIpc) is 1.62. The minimum absolute atomic E-state index is 0.913. The molecule has 0 spiro atoms. The summed E-state index contributed by atoms with van der Waals surface area (Å²) < 4.78 is 44.1. The van der Waals surface area contributed by atoms with Crippen molar-refractivity contribution in [2.24, 2.45) is 5.84 Å². The summed E-state index contributed by atoms with van der Waals surface area (Å²) in [7, 11) is 0. The summed E-state index contributed by atoms with van der Waals surface area (Å²) in [5.41, 5.74) is 0.913. The van der Waals surface area contributed by atoms with Crippen LogP contribution in [0.15, 0.2) is 0 Å². The number of hydrazine groups is 1. The van der Waals surface area contributed by atoms with Gasteiger partial charge in [0.15, 0.2) is 0 Å². The third-order valence-corrected chi connectivity index (χ3v) is 0.434. The third-order valence-electron chi connectivity index (χ3n) is 0.434. The van der Waals surface area contributed by atoms with E-state index < -0.39 is 12.5 Å². The molecule has 6 heteroatoms. The van der Waals surface area contributed by atoms with E-state index in [0.717, 1.165) is 5.43 Å². The molecule has 0 rings (SSSR count). The van der Waals surface area contributed by atoms with Crippen molar-refractivity contribution in [3.63, 3.8) is 0 Å². The number of rotatable bonds is 1. The Morgan fingerprint density at radius 2 is 1.75 bits per heavy atom. The van der Waals surface area contributed by atoms with Gasteiger partial charge < -0.3 is 0 Å². The van der Waals surface area contributed by atoms with Crippen molar-refractivity contribution >= 4 is 0 Å². The van der Waals surface area contributed by atoms with E-state index in [4.69, 9.17) is 0 Å². The molecule has 0 aromatic heterocycles. The molecule has 8 heavy (non-hydrogen) atoms. The lowest BCUT2D eigenvalue weighted by Gasteiger charge is -2.08. The highest BCUT2D eigenvalue weighted by Crippen LogP contribution is 2.19. The Balaban J connectivity index is 3.62. The maximum Gasteiger partial charge on any atom is 0.434 e. The van der Waals surface area contributed by atoms with Crippen LogP contribution in [0.1, 0.15) is 0 Å². The van der Waals surface area contributed by atoms with Crippen molar-refractivity contribution in [1.82, 2.24) is 5.43 Å². The molecule has 0 aromatic rings. The van der Waals surface area contributed by atoms with Crippen molar-refractivity contribution in [3.05, 3.63) is 0 Å². The first-order chi connectivity index (χ1) is 3.48. The minimum atomic E-state index is -4.89. The molecule has 0 bridgehead atoms. The summed E-state index contributed by atoms with van der Waals surface area (Å²) in [6.45, 7) is 0. The summed E-state index contributed by atoms with van der Waals surface area (Å²) >= 11 is 0. The zero-order valence-electron chi connectivity index (χ0n) is 3.67. The van der Waals surface area contributed by atoms with Crippen molar-refractivity contribution in [3.8, 4) is 0 Å². The molecule has 50 valence electrons. The summed E-state index contributed by atoms with van der Waals surface area (Å²) in [4.78, 5) is 0. The fraction of sp³-hybridized carbons (Fsp3) is 1.00. The zero-order valence-corrected chi connectivity index (χ0v) is 3.67. The Bertz CT molecular complexity index is 68.9. The molecule has 0 aromatic carbocycles. The second-order valence-corrected chi connectivity index (χ2v) is 1.07. The van der Waals surface area contributed by atoms with Gasteiger partial charge in [-0.2, -0.15) is 13.2 Å². The highest BCUT2D eigenvalue weighted by atomic mass is 19.4. The normalized spacial score (nSPS) is 16.1. The fourth-order valence-electron chi connectivity index (χ4n) is 0.0945. The van der Waals surface area contributed by atoms with E-state index in [1.54, 1.807) is 0 Å². The lowest BCUT2D eigenvalue weighted by Crippen LogP contribution is -2.42. The van der Waals surface area contributed by atoms with Crippen LogP contribution in [-0.2, 0) is 0 Å². The van der Waals surface area contributed by atoms with E-state index in [1.165, 1.54) is 0 Å².